The van der Waals surface area contributed by atoms with Crippen molar-refractivity contribution in [2.45, 2.75) is 13.5 Å². The molecule has 0 fully saturated rings. The van der Waals surface area contributed by atoms with Crippen molar-refractivity contribution < 1.29 is 4.79 Å². The first-order valence-corrected chi connectivity index (χ1v) is 7.12. The maximum atomic E-state index is 11.7. The molecule has 2 rings (SSSR count). The zero-order valence-corrected chi connectivity index (χ0v) is 12.1. The smallest absolute Gasteiger partial charge is 0.267 e. The molecule has 2 aromatic rings. The lowest BCUT2D eigenvalue weighted by atomic mass is 10.1. The maximum Gasteiger partial charge on any atom is 0.267 e. The molecule has 0 saturated heterocycles. The van der Waals surface area contributed by atoms with Crippen LogP contribution in [0.3, 0.4) is 0 Å². The number of carbonyl (C=O) groups excluding carboxylic acids is 1. The number of benzene rings is 1. The predicted molar refractivity (Wildman–Crippen MR) is 82.4 cm³/mol. The SMILES string of the molecule is Cc1ccc(CNC(=S)NC(=O)c2cccs2)cc1. The van der Waals surface area contributed by atoms with Crippen LogP contribution in [-0.4, -0.2) is 11.0 Å². The van der Waals surface area contributed by atoms with Crippen LogP contribution >= 0.6 is 23.6 Å². The van der Waals surface area contributed by atoms with E-state index < -0.39 is 0 Å². The van der Waals surface area contributed by atoms with Gasteiger partial charge >= 0.3 is 0 Å². The second kappa shape index (κ2) is 6.45. The summed E-state index contributed by atoms with van der Waals surface area (Å²) >= 11 is 6.48. The van der Waals surface area contributed by atoms with E-state index in [0.717, 1.165) is 5.56 Å². The van der Waals surface area contributed by atoms with Gasteiger partial charge in [-0.25, -0.2) is 0 Å². The molecule has 1 heterocycles. The second-order valence-electron chi connectivity index (χ2n) is 4.10. The van der Waals surface area contributed by atoms with E-state index in [2.05, 4.69) is 10.6 Å². The molecule has 5 heteroatoms. The van der Waals surface area contributed by atoms with Gasteiger partial charge in [-0.3, -0.25) is 10.1 Å². The van der Waals surface area contributed by atoms with Crippen molar-refractivity contribution in [3.63, 3.8) is 0 Å². The van der Waals surface area contributed by atoms with Crippen molar-refractivity contribution in [3.8, 4) is 0 Å². The zero-order chi connectivity index (χ0) is 13.7. The lowest BCUT2D eigenvalue weighted by Gasteiger charge is -2.09. The molecule has 0 aliphatic rings. The minimum absolute atomic E-state index is 0.170. The van der Waals surface area contributed by atoms with Crippen LogP contribution in [0.5, 0.6) is 0 Å². The first-order valence-electron chi connectivity index (χ1n) is 5.83. The third-order valence-electron chi connectivity index (χ3n) is 2.55. The largest absolute Gasteiger partial charge is 0.358 e. The third-order valence-corrected chi connectivity index (χ3v) is 3.66. The molecule has 0 aliphatic heterocycles. The summed E-state index contributed by atoms with van der Waals surface area (Å²) in [6.45, 7) is 2.65. The average Bonchev–Trinajstić information content (AvgIpc) is 2.92. The van der Waals surface area contributed by atoms with Crippen molar-refractivity contribution in [3.05, 3.63) is 57.8 Å². The Morgan fingerprint density at radius 2 is 2.00 bits per heavy atom. The Bertz CT molecular complexity index is 562. The monoisotopic (exact) mass is 290 g/mol. The molecule has 1 aromatic heterocycles. The summed E-state index contributed by atoms with van der Waals surface area (Å²) in [6, 6.07) is 11.8. The first kappa shape index (κ1) is 13.7. The van der Waals surface area contributed by atoms with E-state index in [1.54, 1.807) is 6.07 Å². The Balaban J connectivity index is 1.82. The zero-order valence-electron chi connectivity index (χ0n) is 10.5. The third kappa shape index (κ3) is 4.15. The highest BCUT2D eigenvalue weighted by atomic mass is 32.1. The molecule has 0 atom stereocenters. The number of rotatable bonds is 3. The topological polar surface area (TPSA) is 41.1 Å². The lowest BCUT2D eigenvalue weighted by Crippen LogP contribution is -2.38. The van der Waals surface area contributed by atoms with Crippen molar-refractivity contribution in [1.82, 2.24) is 10.6 Å². The Morgan fingerprint density at radius 3 is 2.63 bits per heavy atom. The Hall–Kier alpha value is -1.72. The van der Waals surface area contributed by atoms with Crippen LogP contribution in [0.4, 0.5) is 0 Å². The van der Waals surface area contributed by atoms with Gasteiger partial charge in [0.2, 0.25) is 0 Å². The van der Waals surface area contributed by atoms with Gasteiger partial charge in [0.05, 0.1) is 4.88 Å². The van der Waals surface area contributed by atoms with Crippen molar-refractivity contribution in [2.75, 3.05) is 0 Å². The molecule has 0 bridgehead atoms. The van der Waals surface area contributed by atoms with Crippen LogP contribution < -0.4 is 10.6 Å². The highest BCUT2D eigenvalue weighted by Crippen LogP contribution is 2.07. The lowest BCUT2D eigenvalue weighted by molar-refractivity contribution is 0.0980. The molecule has 98 valence electrons. The summed E-state index contributed by atoms with van der Waals surface area (Å²) in [5, 5.41) is 7.88. The number of hydrogen-bond acceptors (Lipinski definition) is 3. The van der Waals surface area contributed by atoms with Crippen LogP contribution in [0.1, 0.15) is 20.8 Å². The van der Waals surface area contributed by atoms with Crippen LogP contribution in [0, 0.1) is 6.92 Å². The van der Waals surface area contributed by atoms with E-state index >= 15 is 0 Å². The molecule has 0 radical (unpaired) electrons. The summed E-state index contributed by atoms with van der Waals surface area (Å²) in [5.41, 5.74) is 2.34. The standard InChI is InChI=1S/C14H14N2OS2/c1-10-4-6-11(7-5-10)9-15-14(18)16-13(17)12-3-2-8-19-12/h2-8H,9H2,1H3,(H2,15,16,17,18). The molecule has 0 saturated carbocycles. The van der Waals surface area contributed by atoms with Crippen LogP contribution in [0.25, 0.3) is 0 Å². The normalized spacial score (nSPS) is 9.95. The molecule has 0 spiro atoms. The molecule has 0 unspecified atom stereocenters. The van der Waals surface area contributed by atoms with E-state index in [1.807, 2.05) is 42.6 Å². The number of thiophene rings is 1. The molecule has 0 aliphatic carbocycles. The fourth-order valence-corrected chi connectivity index (χ4v) is 2.29. The van der Waals surface area contributed by atoms with Gasteiger partial charge in [-0.1, -0.05) is 35.9 Å². The maximum absolute atomic E-state index is 11.7. The summed E-state index contributed by atoms with van der Waals surface area (Å²) in [5.74, 6) is -0.170. The van der Waals surface area contributed by atoms with E-state index in [9.17, 15) is 4.79 Å². The van der Waals surface area contributed by atoms with Crippen molar-refractivity contribution >= 4 is 34.6 Å². The van der Waals surface area contributed by atoms with Gasteiger partial charge in [0.15, 0.2) is 5.11 Å². The van der Waals surface area contributed by atoms with Gasteiger partial charge in [-0.05, 0) is 36.2 Å². The molecule has 19 heavy (non-hydrogen) atoms. The fraction of sp³-hybridized carbons (Fsp3) is 0.143. The molecular formula is C14H14N2OS2. The number of amides is 1. The van der Waals surface area contributed by atoms with Crippen molar-refractivity contribution in [1.29, 1.82) is 0 Å². The summed E-state index contributed by atoms with van der Waals surface area (Å²) in [4.78, 5) is 12.4. The number of carbonyl (C=O) groups is 1. The van der Waals surface area contributed by atoms with Gasteiger partial charge in [0.1, 0.15) is 0 Å². The molecule has 1 aromatic carbocycles. The van der Waals surface area contributed by atoms with Crippen LogP contribution in [0.2, 0.25) is 0 Å². The van der Waals surface area contributed by atoms with Crippen LogP contribution in [0.15, 0.2) is 41.8 Å². The Labute approximate surface area is 121 Å². The summed E-state index contributed by atoms with van der Waals surface area (Å²) < 4.78 is 0. The summed E-state index contributed by atoms with van der Waals surface area (Å²) in [6.07, 6.45) is 0. The van der Waals surface area contributed by atoms with Gasteiger partial charge in [-0.2, -0.15) is 0 Å². The molecule has 3 nitrogen and oxygen atoms in total. The number of hydrogen-bond donors (Lipinski definition) is 2. The van der Waals surface area contributed by atoms with Gasteiger partial charge in [-0.15, -0.1) is 11.3 Å². The van der Waals surface area contributed by atoms with Gasteiger partial charge in [0.25, 0.3) is 5.91 Å². The predicted octanol–water partition coefficient (Wildman–Crippen LogP) is 2.86. The van der Waals surface area contributed by atoms with Gasteiger partial charge < -0.3 is 5.32 Å². The molecular weight excluding hydrogens is 276 g/mol. The van der Waals surface area contributed by atoms with E-state index in [0.29, 0.717) is 16.5 Å². The highest BCUT2D eigenvalue weighted by Gasteiger charge is 2.07. The fourth-order valence-electron chi connectivity index (χ4n) is 1.50. The Kier molecular flexibility index (Phi) is 4.65. The van der Waals surface area contributed by atoms with Crippen LogP contribution in [-0.2, 0) is 6.54 Å². The van der Waals surface area contributed by atoms with Gasteiger partial charge in [0, 0.05) is 6.54 Å². The number of aryl methyl sites for hydroxylation is 1. The minimum Gasteiger partial charge on any atom is -0.358 e. The van der Waals surface area contributed by atoms with E-state index in [4.69, 9.17) is 12.2 Å². The number of thiocarbonyl (C=S) groups is 1. The van der Waals surface area contributed by atoms with E-state index in [-0.39, 0.29) is 5.91 Å². The van der Waals surface area contributed by atoms with Crippen molar-refractivity contribution in [2.24, 2.45) is 0 Å². The second-order valence-corrected chi connectivity index (χ2v) is 5.46. The summed E-state index contributed by atoms with van der Waals surface area (Å²) in [7, 11) is 0. The molecule has 1 amide bonds. The number of nitrogens with one attached hydrogen (secondary N) is 2. The van der Waals surface area contributed by atoms with E-state index in [1.165, 1.54) is 16.9 Å². The highest BCUT2D eigenvalue weighted by molar-refractivity contribution is 7.80. The average molecular weight is 290 g/mol. The first-order chi connectivity index (χ1) is 9.15. The minimum atomic E-state index is -0.170. The Morgan fingerprint density at radius 1 is 1.26 bits per heavy atom. The quantitative estimate of drug-likeness (QED) is 0.854. The molecule has 2 N–H and O–H groups in total.